The predicted octanol–water partition coefficient (Wildman–Crippen LogP) is 3.00. The highest BCUT2D eigenvalue weighted by molar-refractivity contribution is 5.07. The van der Waals surface area contributed by atoms with E-state index in [1.54, 1.807) is 0 Å². The largest absolute Gasteiger partial charge is 0.313 e. The van der Waals surface area contributed by atoms with Crippen molar-refractivity contribution in [3.8, 4) is 0 Å². The molecule has 1 fully saturated rings. The lowest BCUT2D eigenvalue weighted by Crippen LogP contribution is -2.34. The Labute approximate surface area is 111 Å². The zero-order valence-corrected chi connectivity index (χ0v) is 12.1. The van der Waals surface area contributed by atoms with Crippen LogP contribution in [0, 0.1) is 5.41 Å². The fraction of sp³-hybridized carbons (Fsp3) is 0.800. The molecule has 1 atom stereocenters. The van der Waals surface area contributed by atoms with Crippen LogP contribution in [0.5, 0.6) is 0 Å². The molecule has 3 nitrogen and oxygen atoms in total. The summed E-state index contributed by atoms with van der Waals surface area (Å²) in [4.78, 5) is 0. The van der Waals surface area contributed by atoms with Crippen molar-refractivity contribution in [3.63, 3.8) is 0 Å². The minimum absolute atomic E-state index is 0.374. The molecule has 0 spiro atoms. The molecule has 1 aliphatic rings. The van der Waals surface area contributed by atoms with E-state index in [-0.39, 0.29) is 0 Å². The summed E-state index contributed by atoms with van der Waals surface area (Å²) in [6.45, 7) is 8.93. The Morgan fingerprint density at radius 3 is 2.78 bits per heavy atom. The van der Waals surface area contributed by atoms with Crippen molar-refractivity contribution in [2.24, 2.45) is 5.41 Å². The Morgan fingerprint density at radius 2 is 2.22 bits per heavy atom. The molecule has 1 aliphatic carbocycles. The van der Waals surface area contributed by atoms with Gasteiger partial charge in [-0.2, -0.15) is 5.10 Å². The summed E-state index contributed by atoms with van der Waals surface area (Å²) in [5.41, 5.74) is 1.75. The summed E-state index contributed by atoms with van der Waals surface area (Å²) >= 11 is 0. The predicted molar refractivity (Wildman–Crippen MR) is 75.6 cm³/mol. The average Bonchev–Trinajstić information content (AvgIpc) is 3.07. The molecule has 0 saturated heterocycles. The van der Waals surface area contributed by atoms with E-state index in [2.05, 4.69) is 37.4 Å². The van der Waals surface area contributed by atoms with Crippen LogP contribution in [0.3, 0.4) is 0 Å². The molecule has 1 aromatic heterocycles. The van der Waals surface area contributed by atoms with Gasteiger partial charge in [0.25, 0.3) is 0 Å². The molecule has 18 heavy (non-hydrogen) atoms. The molecule has 1 unspecified atom stereocenters. The average molecular weight is 249 g/mol. The first-order valence-corrected chi connectivity index (χ1v) is 7.40. The molecule has 102 valence electrons. The fourth-order valence-corrected chi connectivity index (χ4v) is 2.68. The lowest BCUT2D eigenvalue weighted by Gasteiger charge is -2.29. The highest BCUT2D eigenvalue weighted by Crippen LogP contribution is 2.29. The van der Waals surface area contributed by atoms with Crippen molar-refractivity contribution in [2.75, 3.05) is 6.54 Å². The minimum atomic E-state index is 0.374. The molecule has 0 bridgehead atoms. The molecule has 3 heteroatoms. The maximum atomic E-state index is 4.38. The van der Waals surface area contributed by atoms with Crippen LogP contribution in [-0.2, 0) is 13.0 Å². The van der Waals surface area contributed by atoms with Crippen LogP contribution < -0.4 is 5.32 Å². The van der Waals surface area contributed by atoms with Gasteiger partial charge in [0.05, 0.1) is 6.20 Å². The van der Waals surface area contributed by atoms with Crippen molar-refractivity contribution < 1.29 is 0 Å². The molecule has 1 saturated carbocycles. The third-order valence-corrected chi connectivity index (χ3v) is 3.89. The van der Waals surface area contributed by atoms with Gasteiger partial charge in [-0.1, -0.05) is 20.3 Å². The molecule has 1 heterocycles. The van der Waals surface area contributed by atoms with Crippen molar-refractivity contribution >= 4 is 0 Å². The van der Waals surface area contributed by atoms with Crippen LogP contribution >= 0.6 is 0 Å². The van der Waals surface area contributed by atoms with Gasteiger partial charge in [0.15, 0.2) is 0 Å². The monoisotopic (exact) mass is 249 g/mol. The normalized spacial score (nSPS) is 18.8. The molecule has 0 aliphatic heterocycles. The second-order valence-corrected chi connectivity index (χ2v) is 6.10. The Bertz CT molecular complexity index is 368. The smallest absolute Gasteiger partial charge is 0.0521 e. The Kier molecular flexibility index (Phi) is 4.44. The summed E-state index contributed by atoms with van der Waals surface area (Å²) in [6.07, 6.45) is 10.7. The first-order valence-electron chi connectivity index (χ1n) is 7.40. The SMILES string of the molecule is CCCC(C)(CNC1CC1)Cc1cnn(CC)c1. The zero-order valence-electron chi connectivity index (χ0n) is 12.1. The van der Waals surface area contributed by atoms with E-state index in [0.717, 1.165) is 25.6 Å². The van der Waals surface area contributed by atoms with E-state index >= 15 is 0 Å². The summed E-state index contributed by atoms with van der Waals surface area (Å²) in [5.74, 6) is 0. The lowest BCUT2D eigenvalue weighted by molar-refractivity contribution is 0.274. The van der Waals surface area contributed by atoms with E-state index in [4.69, 9.17) is 0 Å². The van der Waals surface area contributed by atoms with E-state index in [9.17, 15) is 0 Å². The van der Waals surface area contributed by atoms with Gasteiger partial charge in [-0.3, -0.25) is 4.68 Å². The van der Waals surface area contributed by atoms with Crippen LogP contribution in [-0.4, -0.2) is 22.4 Å². The molecule has 1 N–H and O–H groups in total. The number of aryl methyl sites for hydroxylation is 1. The standard InChI is InChI=1S/C15H27N3/c1-4-8-15(3,12-16-14-6-7-14)9-13-10-17-18(5-2)11-13/h10-11,14,16H,4-9,12H2,1-3H3. The maximum Gasteiger partial charge on any atom is 0.0521 e. The van der Waals surface area contributed by atoms with Crippen LogP contribution in [0.4, 0.5) is 0 Å². The number of hydrogen-bond acceptors (Lipinski definition) is 2. The number of rotatable bonds is 8. The molecule has 2 rings (SSSR count). The first kappa shape index (κ1) is 13.6. The van der Waals surface area contributed by atoms with Crippen LogP contribution in [0.2, 0.25) is 0 Å². The Hall–Kier alpha value is -0.830. The van der Waals surface area contributed by atoms with E-state index < -0.39 is 0 Å². The van der Waals surface area contributed by atoms with Gasteiger partial charge in [-0.25, -0.2) is 0 Å². The maximum absolute atomic E-state index is 4.38. The fourth-order valence-electron chi connectivity index (χ4n) is 2.68. The highest BCUT2D eigenvalue weighted by Gasteiger charge is 2.28. The first-order chi connectivity index (χ1) is 8.65. The van der Waals surface area contributed by atoms with Crippen molar-refractivity contribution in [3.05, 3.63) is 18.0 Å². The summed E-state index contributed by atoms with van der Waals surface area (Å²) < 4.78 is 2.02. The molecule has 0 aromatic carbocycles. The van der Waals surface area contributed by atoms with Gasteiger partial charge in [-0.05, 0) is 43.6 Å². The van der Waals surface area contributed by atoms with Crippen LogP contribution in [0.25, 0.3) is 0 Å². The third-order valence-electron chi connectivity index (χ3n) is 3.89. The summed E-state index contributed by atoms with van der Waals surface area (Å²) in [5, 5.41) is 8.08. The van der Waals surface area contributed by atoms with Crippen molar-refractivity contribution in [1.29, 1.82) is 0 Å². The number of nitrogens with one attached hydrogen (secondary N) is 1. The summed E-state index contributed by atoms with van der Waals surface area (Å²) in [7, 11) is 0. The van der Waals surface area contributed by atoms with Crippen molar-refractivity contribution in [1.82, 2.24) is 15.1 Å². The van der Waals surface area contributed by atoms with E-state index in [0.29, 0.717) is 5.41 Å². The van der Waals surface area contributed by atoms with Gasteiger partial charge in [0, 0.05) is 25.3 Å². The molecular weight excluding hydrogens is 222 g/mol. The number of hydrogen-bond donors (Lipinski definition) is 1. The van der Waals surface area contributed by atoms with Crippen molar-refractivity contribution in [2.45, 2.75) is 65.5 Å². The van der Waals surface area contributed by atoms with E-state index in [1.807, 2.05) is 10.9 Å². The second-order valence-electron chi connectivity index (χ2n) is 6.10. The topological polar surface area (TPSA) is 29.9 Å². The van der Waals surface area contributed by atoms with Crippen LogP contribution in [0.15, 0.2) is 12.4 Å². The zero-order chi connectivity index (χ0) is 13.0. The quantitative estimate of drug-likeness (QED) is 0.767. The second kappa shape index (κ2) is 5.87. The van der Waals surface area contributed by atoms with Crippen LogP contribution in [0.1, 0.15) is 52.0 Å². The number of nitrogens with zero attached hydrogens (tertiary/aromatic N) is 2. The van der Waals surface area contributed by atoms with Gasteiger partial charge < -0.3 is 5.32 Å². The summed E-state index contributed by atoms with van der Waals surface area (Å²) in [6, 6.07) is 0.805. The molecule has 0 radical (unpaired) electrons. The molecule has 1 aromatic rings. The van der Waals surface area contributed by atoms with Gasteiger partial charge in [0.2, 0.25) is 0 Å². The molecule has 0 amide bonds. The Morgan fingerprint density at radius 1 is 1.44 bits per heavy atom. The Balaban J connectivity index is 1.94. The highest BCUT2D eigenvalue weighted by atomic mass is 15.3. The number of aromatic nitrogens is 2. The van der Waals surface area contributed by atoms with Gasteiger partial charge >= 0.3 is 0 Å². The lowest BCUT2D eigenvalue weighted by atomic mass is 9.80. The third kappa shape index (κ3) is 3.84. The van der Waals surface area contributed by atoms with Gasteiger partial charge in [0.1, 0.15) is 0 Å². The minimum Gasteiger partial charge on any atom is -0.313 e. The van der Waals surface area contributed by atoms with E-state index in [1.165, 1.54) is 31.2 Å². The molecular formula is C15H27N3. The van der Waals surface area contributed by atoms with Gasteiger partial charge in [-0.15, -0.1) is 0 Å².